The Hall–Kier alpha value is -3.78. The number of rotatable bonds is 8. The highest BCUT2D eigenvalue weighted by molar-refractivity contribution is 6.32. The number of nitrogens with zero attached hydrogens (tertiary/aromatic N) is 3. The smallest absolute Gasteiger partial charge is 0.278 e. The maximum Gasteiger partial charge on any atom is 0.278 e. The molecule has 0 spiro atoms. The minimum Gasteiger partial charge on any atom is -0.502 e. The van der Waals surface area contributed by atoms with Crippen LogP contribution in [0.25, 0.3) is 0 Å². The van der Waals surface area contributed by atoms with Gasteiger partial charge in [-0.2, -0.15) is 0 Å². The molecule has 0 saturated heterocycles. The second-order valence-corrected chi connectivity index (χ2v) is 8.69. The summed E-state index contributed by atoms with van der Waals surface area (Å²) in [6.07, 6.45) is 3.67. The monoisotopic (exact) mass is 511 g/mol. The van der Waals surface area contributed by atoms with Crippen molar-refractivity contribution < 1.29 is 19.0 Å². The third kappa shape index (κ3) is 4.33. The van der Waals surface area contributed by atoms with E-state index in [0.717, 1.165) is 5.56 Å². The molecule has 2 aromatic carbocycles. The summed E-state index contributed by atoms with van der Waals surface area (Å²) in [5.74, 6) is -1.59. The Morgan fingerprint density at radius 1 is 1.17 bits per heavy atom. The molecule has 9 heteroatoms. The SMILES string of the molecule is C=C[C@@H](CC)N1CN([C@H](c2ccccc2)c2ccc(F)c(Cl)c2OCC)n2ccc(=O)c(O)c2C1=O. The fourth-order valence-corrected chi connectivity index (χ4v) is 4.76. The van der Waals surface area contributed by atoms with E-state index in [4.69, 9.17) is 16.3 Å². The fraction of sp³-hybridized carbons (Fsp3) is 0.259. The van der Waals surface area contributed by atoms with Crippen molar-refractivity contribution in [3.8, 4) is 11.5 Å². The number of benzene rings is 2. The Balaban J connectivity index is 2.03. The van der Waals surface area contributed by atoms with Crippen molar-refractivity contribution >= 4 is 17.5 Å². The van der Waals surface area contributed by atoms with Gasteiger partial charge in [0, 0.05) is 17.8 Å². The molecule has 3 aromatic rings. The number of pyridine rings is 1. The van der Waals surface area contributed by atoms with Gasteiger partial charge in [-0.15, -0.1) is 6.58 Å². The molecule has 4 rings (SSSR count). The van der Waals surface area contributed by atoms with E-state index in [1.54, 1.807) is 24.0 Å². The molecule has 0 saturated carbocycles. The first-order valence-electron chi connectivity index (χ1n) is 11.6. The molecular formula is C27H27ClFN3O4. The lowest BCUT2D eigenvalue weighted by molar-refractivity contribution is 0.0626. The van der Waals surface area contributed by atoms with Crippen LogP contribution in [-0.2, 0) is 0 Å². The van der Waals surface area contributed by atoms with Crippen LogP contribution in [0.5, 0.6) is 11.5 Å². The van der Waals surface area contributed by atoms with Gasteiger partial charge in [-0.05, 0) is 31.0 Å². The van der Waals surface area contributed by atoms with Crippen LogP contribution in [0.2, 0.25) is 5.02 Å². The molecule has 0 bridgehead atoms. The first-order valence-corrected chi connectivity index (χ1v) is 12.0. The number of halogens is 2. The Bertz CT molecular complexity index is 1340. The molecule has 0 radical (unpaired) electrons. The number of hydrogen-bond donors (Lipinski definition) is 1. The van der Waals surface area contributed by atoms with Crippen LogP contribution in [0.3, 0.4) is 0 Å². The summed E-state index contributed by atoms with van der Waals surface area (Å²) in [6, 6.07) is 12.5. The van der Waals surface area contributed by atoms with Crippen molar-refractivity contribution in [3.05, 3.63) is 105 Å². The zero-order chi connectivity index (χ0) is 26.0. The van der Waals surface area contributed by atoms with E-state index >= 15 is 0 Å². The molecule has 7 nitrogen and oxygen atoms in total. The van der Waals surface area contributed by atoms with Gasteiger partial charge in [0.25, 0.3) is 5.91 Å². The number of hydrogen-bond acceptors (Lipinski definition) is 5. The highest BCUT2D eigenvalue weighted by atomic mass is 35.5. The molecule has 1 aliphatic heterocycles. The summed E-state index contributed by atoms with van der Waals surface area (Å²) >= 11 is 6.36. The van der Waals surface area contributed by atoms with Gasteiger partial charge in [-0.1, -0.05) is 54.9 Å². The third-order valence-corrected chi connectivity index (χ3v) is 6.61. The largest absolute Gasteiger partial charge is 0.502 e. The lowest BCUT2D eigenvalue weighted by Crippen LogP contribution is -2.57. The molecule has 1 N–H and O–H groups in total. The Kier molecular flexibility index (Phi) is 7.35. The minimum absolute atomic E-state index is 0.0821. The van der Waals surface area contributed by atoms with Gasteiger partial charge in [0.1, 0.15) is 29.3 Å². The van der Waals surface area contributed by atoms with E-state index in [1.165, 1.54) is 23.0 Å². The van der Waals surface area contributed by atoms with E-state index in [0.29, 0.717) is 12.0 Å². The van der Waals surface area contributed by atoms with Crippen LogP contribution in [0.1, 0.15) is 47.9 Å². The van der Waals surface area contributed by atoms with E-state index in [1.807, 2.05) is 42.3 Å². The zero-order valence-corrected chi connectivity index (χ0v) is 20.8. The van der Waals surface area contributed by atoms with Gasteiger partial charge in [0.05, 0.1) is 12.6 Å². The van der Waals surface area contributed by atoms with Gasteiger partial charge >= 0.3 is 0 Å². The molecule has 0 unspecified atom stereocenters. The molecule has 0 aliphatic carbocycles. The van der Waals surface area contributed by atoms with Gasteiger partial charge in [-0.25, -0.2) is 4.39 Å². The van der Waals surface area contributed by atoms with Gasteiger partial charge in [-0.3, -0.25) is 19.3 Å². The summed E-state index contributed by atoms with van der Waals surface area (Å²) in [5.41, 5.74) is 0.519. The number of fused-ring (bicyclic) bond motifs is 1. The quantitative estimate of drug-likeness (QED) is 0.438. The molecule has 1 aromatic heterocycles. The number of carbonyl (C=O) groups is 1. The average Bonchev–Trinajstić information content (AvgIpc) is 2.88. The predicted octanol–water partition coefficient (Wildman–Crippen LogP) is 4.85. The molecule has 0 fully saturated rings. The van der Waals surface area contributed by atoms with Crippen LogP contribution >= 0.6 is 11.6 Å². The molecule has 1 amide bonds. The van der Waals surface area contributed by atoms with E-state index in [2.05, 4.69) is 6.58 Å². The Morgan fingerprint density at radius 3 is 2.53 bits per heavy atom. The standard InChI is InChI=1S/C27H27ClFN3O4/c1-4-18(5-2)30-16-32(31-15-14-21(33)25(34)24(31)27(30)35)23(17-10-8-7-9-11-17)19-12-13-20(29)22(28)26(19)36-6-3/h4,7-15,18,23,34H,1,5-6,16H2,2-3H3/t18-,23+/m0/s1. The van der Waals surface area contributed by atoms with Crippen molar-refractivity contribution in [2.45, 2.75) is 32.4 Å². The van der Waals surface area contributed by atoms with Crippen molar-refractivity contribution in [1.29, 1.82) is 0 Å². The summed E-state index contributed by atoms with van der Waals surface area (Å²) in [4.78, 5) is 27.4. The van der Waals surface area contributed by atoms with Crippen LogP contribution in [0.4, 0.5) is 4.39 Å². The first kappa shape index (κ1) is 25.3. The fourth-order valence-electron chi connectivity index (χ4n) is 4.53. The van der Waals surface area contributed by atoms with E-state index < -0.39 is 28.9 Å². The summed E-state index contributed by atoms with van der Waals surface area (Å²) in [6.45, 7) is 7.88. The second-order valence-electron chi connectivity index (χ2n) is 8.31. The number of aromatic nitrogens is 1. The lowest BCUT2D eigenvalue weighted by atomic mass is 9.96. The Labute approximate surface area is 213 Å². The number of carbonyl (C=O) groups excluding carboxylic acids is 1. The van der Waals surface area contributed by atoms with E-state index in [-0.39, 0.29) is 35.8 Å². The lowest BCUT2D eigenvalue weighted by Gasteiger charge is -2.46. The molecule has 2 heterocycles. The van der Waals surface area contributed by atoms with Crippen LogP contribution in [0, 0.1) is 5.82 Å². The maximum atomic E-state index is 14.5. The normalized spacial score (nSPS) is 14.8. The average molecular weight is 512 g/mol. The predicted molar refractivity (Wildman–Crippen MR) is 137 cm³/mol. The summed E-state index contributed by atoms with van der Waals surface area (Å²) < 4.78 is 21.8. The molecule has 1 aliphatic rings. The second kappa shape index (κ2) is 10.5. The van der Waals surface area contributed by atoms with Crippen LogP contribution < -0.4 is 15.2 Å². The number of ether oxygens (including phenoxy) is 1. The van der Waals surface area contributed by atoms with Crippen molar-refractivity contribution in [3.63, 3.8) is 0 Å². The third-order valence-electron chi connectivity index (χ3n) is 6.26. The highest BCUT2D eigenvalue weighted by Crippen LogP contribution is 2.41. The molecule has 2 atom stereocenters. The van der Waals surface area contributed by atoms with Crippen LogP contribution in [-0.4, -0.2) is 39.9 Å². The zero-order valence-electron chi connectivity index (χ0n) is 20.0. The molecule has 188 valence electrons. The first-order chi connectivity index (χ1) is 17.3. The van der Waals surface area contributed by atoms with E-state index in [9.17, 15) is 19.1 Å². The van der Waals surface area contributed by atoms with Gasteiger partial charge < -0.3 is 14.7 Å². The topological polar surface area (TPSA) is 75.0 Å². The number of aromatic hydroxyl groups is 1. The maximum absolute atomic E-state index is 14.5. The van der Waals surface area contributed by atoms with Gasteiger partial charge in [0.2, 0.25) is 5.43 Å². The van der Waals surface area contributed by atoms with Crippen molar-refractivity contribution in [1.82, 2.24) is 9.58 Å². The number of amides is 1. The summed E-state index contributed by atoms with van der Waals surface area (Å²) in [7, 11) is 0. The molecular weight excluding hydrogens is 485 g/mol. The summed E-state index contributed by atoms with van der Waals surface area (Å²) in [5, 5.41) is 12.3. The minimum atomic E-state index is -0.667. The van der Waals surface area contributed by atoms with Gasteiger partial charge in [0.15, 0.2) is 11.4 Å². The highest BCUT2D eigenvalue weighted by Gasteiger charge is 2.39. The van der Waals surface area contributed by atoms with Crippen molar-refractivity contribution in [2.24, 2.45) is 0 Å². The van der Waals surface area contributed by atoms with Crippen molar-refractivity contribution in [2.75, 3.05) is 18.3 Å². The Morgan fingerprint density at radius 2 is 1.89 bits per heavy atom. The molecule has 36 heavy (non-hydrogen) atoms. The van der Waals surface area contributed by atoms with Crippen LogP contribution in [0.15, 0.2) is 72.2 Å².